The molecule has 1 aromatic carbocycles. The van der Waals surface area contributed by atoms with Gasteiger partial charge >= 0.3 is 0 Å². The van der Waals surface area contributed by atoms with Crippen LogP contribution in [0.4, 0.5) is 5.95 Å². The van der Waals surface area contributed by atoms with Crippen molar-refractivity contribution in [2.45, 2.75) is 13.0 Å². The molecule has 0 unspecified atom stereocenters. The van der Waals surface area contributed by atoms with Gasteiger partial charge in [0.25, 0.3) is 0 Å². The van der Waals surface area contributed by atoms with Crippen molar-refractivity contribution < 1.29 is 0 Å². The van der Waals surface area contributed by atoms with Crippen molar-refractivity contribution in [1.29, 1.82) is 0 Å². The van der Waals surface area contributed by atoms with Crippen LogP contribution in [0.2, 0.25) is 5.02 Å². The van der Waals surface area contributed by atoms with Crippen molar-refractivity contribution >= 4 is 39.9 Å². The van der Waals surface area contributed by atoms with E-state index in [1.54, 1.807) is 11.3 Å². The molecule has 2 N–H and O–H groups in total. The van der Waals surface area contributed by atoms with Crippen LogP contribution < -0.4 is 5.73 Å². The van der Waals surface area contributed by atoms with Crippen LogP contribution in [-0.4, -0.2) is 9.55 Å². The minimum atomic E-state index is 0.523. The number of fused-ring (bicyclic) bond motifs is 1. The maximum absolute atomic E-state index is 6.11. The maximum atomic E-state index is 6.11. The number of halogens is 1. The average Bonchev–Trinajstić information content (AvgIpc) is 2.95. The molecule has 0 radical (unpaired) electrons. The minimum absolute atomic E-state index is 0.523. The van der Waals surface area contributed by atoms with Crippen molar-refractivity contribution in [3.63, 3.8) is 0 Å². The molecular weight excluding hydrogens is 266 g/mol. The summed E-state index contributed by atoms with van der Waals surface area (Å²) < 4.78 is 2.01. The third-order valence-corrected chi connectivity index (χ3v) is 4.16. The summed E-state index contributed by atoms with van der Waals surface area (Å²) in [6, 6.07) is 9.95. The standard InChI is InChI=1S/C13H12ClN3S/c14-10-4-1-5-11-12(10)16-13(15)17(11)7-6-9-3-2-8-18-9/h1-5,8H,6-7H2,(H2,15,16). The molecule has 2 heterocycles. The van der Waals surface area contributed by atoms with E-state index in [-0.39, 0.29) is 0 Å². The number of aromatic nitrogens is 2. The molecule has 0 saturated carbocycles. The molecule has 0 bridgehead atoms. The fourth-order valence-electron chi connectivity index (χ4n) is 2.04. The van der Waals surface area contributed by atoms with E-state index >= 15 is 0 Å². The van der Waals surface area contributed by atoms with Gasteiger partial charge in [0.05, 0.1) is 10.5 Å². The Morgan fingerprint density at radius 1 is 1.28 bits per heavy atom. The van der Waals surface area contributed by atoms with Crippen LogP contribution in [0.25, 0.3) is 11.0 Å². The molecule has 0 spiro atoms. The van der Waals surface area contributed by atoms with Gasteiger partial charge < -0.3 is 10.3 Å². The zero-order valence-corrected chi connectivity index (χ0v) is 11.2. The molecule has 0 fully saturated rings. The number of aryl methyl sites for hydroxylation is 2. The predicted molar refractivity (Wildman–Crippen MR) is 77.2 cm³/mol. The molecule has 3 aromatic rings. The number of nitrogen functional groups attached to an aromatic ring is 1. The number of hydrogen-bond acceptors (Lipinski definition) is 3. The van der Waals surface area contributed by atoms with E-state index < -0.39 is 0 Å². The van der Waals surface area contributed by atoms with Crippen LogP contribution in [0.3, 0.4) is 0 Å². The molecule has 3 rings (SSSR count). The van der Waals surface area contributed by atoms with E-state index in [0.29, 0.717) is 11.0 Å². The zero-order chi connectivity index (χ0) is 12.5. The first kappa shape index (κ1) is 11.6. The molecule has 3 nitrogen and oxygen atoms in total. The summed E-state index contributed by atoms with van der Waals surface area (Å²) in [5.74, 6) is 0.523. The summed E-state index contributed by atoms with van der Waals surface area (Å²) in [6.45, 7) is 0.823. The van der Waals surface area contributed by atoms with Crippen molar-refractivity contribution in [3.8, 4) is 0 Å². The van der Waals surface area contributed by atoms with Crippen molar-refractivity contribution in [2.24, 2.45) is 0 Å². The van der Waals surface area contributed by atoms with Crippen molar-refractivity contribution in [1.82, 2.24) is 9.55 Å². The van der Waals surface area contributed by atoms with E-state index in [9.17, 15) is 0 Å². The Kier molecular flexibility index (Phi) is 2.97. The number of para-hydroxylation sites is 1. The van der Waals surface area contributed by atoms with Gasteiger partial charge in [-0.25, -0.2) is 4.98 Å². The van der Waals surface area contributed by atoms with Crippen LogP contribution in [0, 0.1) is 0 Å². The number of rotatable bonds is 3. The fraction of sp³-hybridized carbons (Fsp3) is 0.154. The summed E-state index contributed by atoms with van der Waals surface area (Å²) >= 11 is 7.87. The second-order valence-electron chi connectivity index (χ2n) is 4.06. The number of nitrogens with two attached hydrogens (primary N) is 1. The summed E-state index contributed by atoms with van der Waals surface area (Å²) in [7, 11) is 0. The maximum Gasteiger partial charge on any atom is 0.201 e. The van der Waals surface area contributed by atoms with E-state index in [1.807, 2.05) is 22.8 Å². The number of benzene rings is 1. The van der Waals surface area contributed by atoms with Crippen LogP contribution in [0.1, 0.15) is 4.88 Å². The third kappa shape index (κ3) is 1.98. The molecule has 0 aliphatic carbocycles. The number of anilines is 1. The molecular formula is C13H12ClN3S. The van der Waals surface area contributed by atoms with Gasteiger partial charge in [0.15, 0.2) is 0 Å². The molecule has 0 aliphatic rings. The highest BCUT2D eigenvalue weighted by Crippen LogP contribution is 2.25. The average molecular weight is 278 g/mol. The highest BCUT2D eigenvalue weighted by Gasteiger charge is 2.10. The fourth-order valence-corrected chi connectivity index (χ4v) is 2.95. The third-order valence-electron chi connectivity index (χ3n) is 2.92. The first-order valence-electron chi connectivity index (χ1n) is 5.68. The van der Waals surface area contributed by atoms with Crippen LogP contribution in [-0.2, 0) is 13.0 Å². The van der Waals surface area contributed by atoms with E-state index in [2.05, 4.69) is 22.5 Å². The molecule has 0 aliphatic heterocycles. The lowest BCUT2D eigenvalue weighted by Crippen LogP contribution is -2.04. The summed E-state index contributed by atoms with van der Waals surface area (Å²) in [5, 5.41) is 2.73. The quantitative estimate of drug-likeness (QED) is 0.795. The van der Waals surface area contributed by atoms with E-state index in [4.69, 9.17) is 17.3 Å². The van der Waals surface area contributed by atoms with Gasteiger partial charge in [0.1, 0.15) is 5.52 Å². The first-order chi connectivity index (χ1) is 8.75. The van der Waals surface area contributed by atoms with Gasteiger partial charge in [-0.15, -0.1) is 11.3 Å². The Labute approximate surface area is 114 Å². The highest BCUT2D eigenvalue weighted by atomic mass is 35.5. The lowest BCUT2D eigenvalue weighted by molar-refractivity contribution is 0.733. The summed E-state index contributed by atoms with van der Waals surface area (Å²) in [6.07, 6.45) is 0.958. The number of thiophene rings is 1. The summed E-state index contributed by atoms with van der Waals surface area (Å²) in [5.41, 5.74) is 7.74. The van der Waals surface area contributed by atoms with Gasteiger partial charge in [0, 0.05) is 11.4 Å². The Hall–Kier alpha value is -1.52. The monoisotopic (exact) mass is 277 g/mol. The van der Waals surface area contributed by atoms with Crippen molar-refractivity contribution in [2.75, 3.05) is 5.73 Å². The molecule has 0 atom stereocenters. The molecule has 0 amide bonds. The normalized spacial score (nSPS) is 11.2. The number of nitrogens with zero attached hydrogens (tertiary/aromatic N) is 2. The molecule has 2 aromatic heterocycles. The molecule has 5 heteroatoms. The zero-order valence-electron chi connectivity index (χ0n) is 9.64. The topological polar surface area (TPSA) is 43.8 Å². The van der Waals surface area contributed by atoms with Gasteiger partial charge in [-0.05, 0) is 30.0 Å². The van der Waals surface area contributed by atoms with Crippen LogP contribution >= 0.6 is 22.9 Å². The SMILES string of the molecule is Nc1nc2c(Cl)cccc2n1CCc1cccs1. The summed E-state index contributed by atoms with van der Waals surface area (Å²) in [4.78, 5) is 5.67. The lowest BCUT2D eigenvalue weighted by Gasteiger charge is -2.05. The molecule has 0 saturated heterocycles. The molecule has 18 heavy (non-hydrogen) atoms. The van der Waals surface area contributed by atoms with E-state index in [0.717, 1.165) is 24.0 Å². The van der Waals surface area contributed by atoms with Crippen LogP contribution in [0.5, 0.6) is 0 Å². The van der Waals surface area contributed by atoms with Gasteiger partial charge in [-0.1, -0.05) is 23.7 Å². The molecule has 92 valence electrons. The first-order valence-corrected chi connectivity index (χ1v) is 6.94. The lowest BCUT2D eigenvalue weighted by atomic mass is 10.3. The Bertz CT molecular complexity index is 673. The Balaban J connectivity index is 1.96. The minimum Gasteiger partial charge on any atom is -0.369 e. The number of imidazole rings is 1. The Morgan fingerprint density at radius 3 is 2.94 bits per heavy atom. The second-order valence-corrected chi connectivity index (χ2v) is 5.50. The van der Waals surface area contributed by atoms with Gasteiger partial charge in [0.2, 0.25) is 5.95 Å². The predicted octanol–water partition coefficient (Wildman–Crippen LogP) is 3.58. The van der Waals surface area contributed by atoms with Gasteiger partial charge in [-0.3, -0.25) is 0 Å². The second kappa shape index (κ2) is 4.63. The highest BCUT2D eigenvalue weighted by molar-refractivity contribution is 7.09. The van der Waals surface area contributed by atoms with E-state index in [1.165, 1.54) is 4.88 Å². The Morgan fingerprint density at radius 2 is 2.17 bits per heavy atom. The largest absolute Gasteiger partial charge is 0.369 e. The number of hydrogen-bond donors (Lipinski definition) is 1. The van der Waals surface area contributed by atoms with Crippen LogP contribution in [0.15, 0.2) is 35.7 Å². The van der Waals surface area contributed by atoms with Crippen molar-refractivity contribution in [3.05, 3.63) is 45.6 Å². The van der Waals surface area contributed by atoms with Gasteiger partial charge in [-0.2, -0.15) is 0 Å². The smallest absolute Gasteiger partial charge is 0.201 e.